The van der Waals surface area contributed by atoms with E-state index in [1.54, 1.807) is 0 Å². The van der Waals surface area contributed by atoms with E-state index in [2.05, 4.69) is 20.5 Å². The molecule has 17 heteroatoms. The fourth-order valence-corrected chi connectivity index (χ4v) is 5.19. The molecule has 14 nitrogen and oxygen atoms in total. The molecule has 4 aromatic rings. The Morgan fingerprint density at radius 3 is 1.79 bits per heavy atom. The first-order valence-corrected chi connectivity index (χ1v) is 14.8. The zero-order chi connectivity index (χ0) is 28.6. The van der Waals surface area contributed by atoms with Crippen molar-refractivity contribution >= 4 is 69.6 Å². The van der Waals surface area contributed by atoms with E-state index < -0.39 is 45.0 Å². The average molecular weight is 592 g/mol. The first-order valence-electron chi connectivity index (χ1n) is 10.5. The van der Waals surface area contributed by atoms with Gasteiger partial charge in [0.05, 0.1) is 16.3 Å². The van der Waals surface area contributed by atoms with Crippen LogP contribution in [0.25, 0.3) is 10.8 Å². The quantitative estimate of drug-likeness (QED) is 0.127. The van der Waals surface area contributed by atoms with E-state index in [0.717, 1.165) is 30.3 Å². The fraction of sp³-hybridized carbons (Fsp3) is 0. The summed E-state index contributed by atoms with van der Waals surface area (Å²) < 4.78 is 98.7. The van der Waals surface area contributed by atoms with E-state index in [9.17, 15) is 38.9 Å². The normalized spacial score (nSPS) is 13.0. The number of azo groups is 2. The zero-order valence-electron chi connectivity index (χ0n) is 19.3. The van der Waals surface area contributed by atoms with Crippen LogP contribution in [0.2, 0.25) is 0 Å². The lowest BCUT2D eigenvalue weighted by atomic mass is 10.1. The molecule has 5 N–H and O–H groups in total. The Hall–Kier alpha value is -4.13. The van der Waals surface area contributed by atoms with Crippen molar-refractivity contribution in [2.45, 2.75) is 14.7 Å². The van der Waals surface area contributed by atoms with Crippen LogP contribution in [-0.2, 0) is 30.4 Å². The first-order chi connectivity index (χ1) is 18.1. The van der Waals surface area contributed by atoms with Gasteiger partial charge in [-0.2, -0.15) is 30.4 Å². The summed E-state index contributed by atoms with van der Waals surface area (Å²) in [7, 11) is -14.0. The maximum Gasteiger partial charge on any atom is 0.296 e. The summed E-state index contributed by atoms with van der Waals surface area (Å²) in [6, 6.07) is 14.9. The number of nitrogens with two attached hydrogens (primary N) is 1. The summed E-state index contributed by atoms with van der Waals surface area (Å²) in [5.41, 5.74) is 5.59. The Kier molecular flexibility index (Phi) is 7.30. The van der Waals surface area contributed by atoms with Gasteiger partial charge in [0.1, 0.15) is 21.2 Å². The maximum absolute atomic E-state index is 12.0. The molecular formula is C22H17N5O9S3. The number of nitrogens with zero attached hydrogens (tertiary/aromatic N) is 4. The standard InChI is InChI=1S/C22H17N5O9S3/c23-17-8-10-18(16-12-14(37(28,29)30)6-7-15(16)17)25-27-20-9-5-13(11-22(20)39(34,35)36)24-26-19-3-1-2-4-21(19)38(31,32)33/h1-12H,23H2,(H,28,29,30)(H,31,32,33)(H,34,35,36). The fourth-order valence-electron chi connectivity index (χ4n) is 3.41. The van der Waals surface area contributed by atoms with Crippen molar-refractivity contribution in [3.05, 3.63) is 72.8 Å². The van der Waals surface area contributed by atoms with E-state index in [4.69, 9.17) is 5.73 Å². The molecule has 0 saturated carbocycles. The highest BCUT2D eigenvalue weighted by Gasteiger charge is 2.18. The van der Waals surface area contributed by atoms with Crippen molar-refractivity contribution in [1.29, 1.82) is 0 Å². The van der Waals surface area contributed by atoms with Crippen LogP contribution in [0.3, 0.4) is 0 Å². The summed E-state index contributed by atoms with van der Waals surface area (Å²) in [4.78, 5) is -1.67. The largest absolute Gasteiger partial charge is 0.398 e. The SMILES string of the molecule is Nc1ccc(N=Nc2ccc(N=Nc3ccccc3S(=O)(=O)O)cc2S(=O)(=O)O)c2cc(S(=O)(=O)O)ccc12. The Morgan fingerprint density at radius 1 is 0.538 bits per heavy atom. The zero-order valence-corrected chi connectivity index (χ0v) is 21.8. The van der Waals surface area contributed by atoms with Crippen LogP contribution >= 0.6 is 0 Å². The van der Waals surface area contributed by atoms with E-state index in [1.807, 2.05) is 0 Å². The summed E-state index contributed by atoms with van der Waals surface area (Å²) in [5, 5.41) is 15.9. The molecule has 0 heterocycles. The molecule has 0 radical (unpaired) electrons. The average Bonchev–Trinajstić information content (AvgIpc) is 2.85. The number of hydrogen-bond acceptors (Lipinski definition) is 11. The topological polar surface area (TPSA) is 239 Å². The summed E-state index contributed by atoms with van der Waals surface area (Å²) in [6.07, 6.45) is 0. The van der Waals surface area contributed by atoms with Crippen molar-refractivity contribution in [3.8, 4) is 0 Å². The summed E-state index contributed by atoms with van der Waals surface area (Å²) in [5.74, 6) is 0. The third kappa shape index (κ3) is 6.30. The van der Waals surface area contributed by atoms with Crippen LogP contribution < -0.4 is 5.73 Å². The van der Waals surface area contributed by atoms with Crippen molar-refractivity contribution in [2.24, 2.45) is 20.5 Å². The van der Waals surface area contributed by atoms with Crippen LogP contribution in [0.5, 0.6) is 0 Å². The predicted molar refractivity (Wildman–Crippen MR) is 139 cm³/mol. The molecule has 0 unspecified atom stereocenters. The van der Waals surface area contributed by atoms with Gasteiger partial charge in [0.15, 0.2) is 0 Å². The van der Waals surface area contributed by atoms with Crippen molar-refractivity contribution in [2.75, 3.05) is 5.73 Å². The molecule has 0 atom stereocenters. The molecule has 0 aliphatic rings. The van der Waals surface area contributed by atoms with Gasteiger partial charge in [-0.1, -0.05) is 18.2 Å². The Balaban J connectivity index is 1.77. The number of fused-ring (bicyclic) bond motifs is 1. The number of hydrogen-bond donors (Lipinski definition) is 4. The highest BCUT2D eigenvalue weighted by Crippen LogP contribution is 2.36. The molecule has 202 valence electrons. The second-order valence-electron chi connectivity index (χ2n) is 7.83. The second-order valence-corrected chi connectivity index (χ2v) is 12.0. The van der Waals surface area contributed by atoms with Crippen molar-refractivity contribution < 1.29 is 38.9 Å². The van der Waals surface area contributed by atoms with Gasteiger partial charge in [0.25, 0.3) is 30.4 Å². The van der Waals surface area contributed by atoms with Gasteiger partial charge in [-0.05, 0) is 54.6 Å². The Bertz CT molecular complexity index is 2010. The molecule has 0 bridgehead atoms. The molecular weight excluding hydrogens is 574 g/mol. The summed E-state index contributed by atoms with van der Waals surface area (Å²) in [6.45, 7) is 0. The molecule has 0 aliphatic carbocycles. The van der Waals surface area contributed by atoms with Gasteiger partial charge in [-0.15, -0.1) is 15.3 Å². The second kappa shape index (κ2) is 10.2. The number of rotatable bonds is 7. The number of benzene rings is 4. The van der Waals surface area contributed by atoms with Crippen LogP contribution in [-0.4, -0.2) is 38.9 Å². The van der Waals surface area contributed by atoms with Crippen molar-refractivity contribution in [1.82, 2.24) is 0 Å². The minimum absolute atomic E-state index is 0.0663. The van der Waals surface area contributed by atoms with Gasteiger partial charge in [-0.25, -0.2) is 0 Å². The molecule has 39 heavy (non-hydrogen) atoms. The molecule has 0 fully saturated rings. The molecule has 0 amide bonds. The maximum atomic E-state index is 12.0. The van der Waals surface area contributed by atoms with Gasteiger partial charge in [0, 0.05) is 16.5 Å². The van der Waals surface area contributed by atoms with Crippen LogP contribution in [0.4, 0.5) is 28.4 Å². The number of anilines is 1. The predicted octanol–water partition coefficient (Wildman–Crippen LogP) is 4.99. The van der Waals surface area contributed by atoms with Gasteiger partial charge in [0.2, 0.25) is 0 Å². The molecule has 4 rings (SSSR count). The third-order valence-electron chi connectivity index (χ3n) is 5.20. The lowest BCUT2D eigenvalue weighted by Gasteiger charge is -2.07. The summed E-state index contributed by atoms with van der Waals surface area (Å²) >= 11 is 0. The van der Waals surface area contributed by atoms with Gasteiger partial charge < -0.3 is 5.73 Å². The Labute approximate surface area is 221 Å². The molecule has 0 aliphatic heterocycles. The Morgan fingerprint density at radius 2 is 1.13 bits per heavy atom. The van der Waals surface area contributed by atoms with Crippen molar-refractivity contribution in [3.63, 3.8) is 0 Å². The minimum atomic E-state index is -4.87. The highest BCUT2D eigenvalue weighted by atomic mass is 32.2. The third-order valence-corrected chi connectivity index (χ3v) is 7.83. The first kappa shape index (κ1) is 27.9. The van der Waals surface area contributed by atoms with Gasteiger partial charge in [-0.3, -0.25) is 13.7 Å². The molecule has 0 aromatic heterocycles. The van der Waals surface area contributed by atoms with E-state index in [0.29, 0.717) is 5.39 Å². The highest BCUT2D eigenvalue weighted by molar-refractivity contribution is 7.86. The van der Waals surface area contributed by atoms with Gasteiger partial charge >= 0.3 is 0 Å². The van der Waals surface area contributed by atoms with Crippen LogP contribution in [0.15, 0.2) is 108 Å². The van der Waals surface area contributed by atoms with E-state index >= 15 is 0 Å². The smallest absolute Gasteiger partial charge is 0.296 e. The lowest BCUT2D eigenvalue weighted by Crippen LogP contribution is -1.98. The van der Waals surface area contributed by atoms with Crippen LogP contribution in [0.1, 0.15) is 0 Å². The molecule has 0 spiro atoms. The number of nitrogen functional groups attached to an aromatic ring is 1. The minimum Gasteiger partial charge on any atom is -0.398 e. The lowest BCUT2D eigenvalue weighted by molar-refractivity contribution is 0.481. The molecule has 4 aromatic carbocycles. The van der Waals surface area contributed by atoms with E-state index in [1.165, 1.54) is 42.5 Å². The van der Waals surface area contributed by atoms with E-state index in [-0.39, 0.29) is 33.8 Å². The molecule has 0 saturated heterocycles. The monoisotopic (exact) mass is 591 g/mol. The van der Waals surface area contributed by atoms with Crippen LogP contribution in [0, 0.1) is 0 Å².